The zero-order valence-electron chi connectivity index (χ0n) is 10.8. The number of nitrogens with zero attached hydrogens (tertiary/aromatic N) is 2. The van der Waals surface area contributed by atoms with Gasteiger partial charge in [-0.1, -0.05) is 0 Å². The highest BCUT2D eigenvalue weighted by Crippen LogP contribution is 2.29. The lowest BCUT2D eigenvalue weighted by Gasteiger charge is -2.11. The Morgan fingerprint density at radius 2 is 1.52 bits per heavy atom. The third-order valence-corrected chi connectivity index (χ3v) is 2.75. The minimum atomic E-state index is -2.48. The van der Waals surface area contributed by atoms with Crippen LogP contribution in [0, 0.1) is 37.1 Å². The number of hydrogen-bond acceptors (Lipinski definition) is 1. The van der Waals surface area contributed by atoms with Crippen LogP contribution >= 0.6 is 0 Å². The number of benzene rings is 1. The van der Waals surface area contributed by atoms with Crippen LogP contribution in [0.2, 0.25) is 0 Å². The molecule has 1 aromatic carbocycles. The van der Waals surface area contributed by atoms with Crippen molar-refractivity contribution < 1.29 is 26.3 Å². The average Bonchev–Trinajstić information content (AvgIpc) is 2.71. The summed E-state index contributed by atoms with van der Waals surface area (Å²) in [4.78, 5) is 0. The van der Waals surface area contributed by atoms with Crippen molar-refractivity contribution in [3.63, 3.8) is 0 Å². The number of hydrogen-bond donors (Lipinski definition) is 0. The Bertz CT molecular complexity index is 715. The van der Waals surface area contributed by atoms with Gasteiger partial charge in [0.25, 0.3) is 6.08 Å². The Kier molecular flexibility index (Phi) is 3.80. The predicted molar refractivity (Wildman–Crippen MR) is 63.1 cm³/mol. The Labute approximate surface area is 115 Å². The maximum absolute atomic E-state index is 13.9. The van der Waals surface area contributed by atoms with Crippen LogP contribution in [0.1, 0.15) is 17.0 Å². The molecule has 0 saturated carbocycles. The number of aromatic nitrogens is 2. The van der Waals surface area contributed by atoms with Gasteiger partial charge in [-0.3, -0.25) is 0 Å². The number of aryl methyl sites for hydroxylation is 2. The molecule has 1 aromatic heterocycles. The molecule has 0 amide bonds. The first-order chi connectivity index (χ1) is 9.73. The van der Waals surface area contributed by atoms with Gasteiger partial charge in [0.15, 0.2) is 23.3 Å². The Hall–Kier alpha value is -2.25. The van der Waals surface area contributed by atoms with E-state index in [0.717, 1.165) is 0 Å². The van der Waals surface area contributed by atoms with E-state index in [1.54, 1.807) is 0 Å². The lowest BCUT2D eigenvalue weighted by molar-refractivity contribution is 0.422. The van der Waals surface area contributed by atoms with Gasteiger partial charge in [0.1, 0.15) is 5.69 Å². The number of rotatable bonds is 2. The third-order valence-electron chi connectivity index (χ3n) is 2.75. The zero-order valence-corrected chi connectivity index (χ0v) is 10.8. The van der Waals surface area contributed by atoms with E-state index in [-0.39, 0.29) is 11.8 Å². The van der Waals surface area contributed by atoms with Crippen LogP contribution in [0.4, 0.5) is 26.3 Å². The van der Waals surface area contributed by atoms with Crippen LogP contribution in [0.3, 0.4) is 0 Å². The normalized spacial score (nSPS) is 10.9. The van der Waals surface area contributed by atoms with Crippen LogP contribution < -0.4 is 0 Å². The van der Waals surface area contributed by atoms with Gasteiger partial charge in [-0.15, -0.1) is 0 Å². The van der Waals surface area contributed by atoms with Crippen molar-refractivity contribution in [3.05, 3.63) is 52.4 Å². The molecule has 1 heterocycles. The summed E-state index contributed by atoms with van der Waals surface area (Å²) in [5, 5.41) is 3.71. The molecule has 8 heteroatoms. The van der Waals surface area contributed by atoms with E-state index in [2.05, 4.69) is 5.10 Å². The van der Waals surface area contributed by atoms with Gasteiger partial charge in [-0.05, 0) is 19.9 Å². The summed E-state index contributed by atoms with van der Waals surface area (Å²) in [6, 6.07) is 1.43. The second-order valence-corrected chi connectivity index (χ2v) is 4.29. The Morgan fingerprint density at radius 1 is 1.00 bits per heavy atom. The van der Waals surface area contributed by atoms with Crippen molar-refractivity contribution in [3.8, 4) is 5.69 Å². The standard InChI is InChI=1S/C13H8F6N2/c1-5-3-6(2)21(20-5)13-11(18)9(16)7(4-8(14)15)10(17)12(13)19/h3-4H,1-2H3. The summed E-state index contributed by atoms with van der Waals surface area (Å²) in [5.41, 5.74) is -1.97. The number of halogens is 6. The van der Waals surface area contributed by atoms with Gasteiger partial charge in [-0.25, -0.2) is 22.2 Å². The van der Waals surface area contributed by atoms with Gasteiger partial charge in [0.2, 0.25) is 0 Å². The lowest BCUT2D eigenvalue weighted by Crippen LogP contribution is -2.11. The highest BCUT2D eigenvalue weighted by molar-refractivity contribution is 5.55. The van der Waals surface area contributed by atoms with Gasteiger partial charge in [0, 0.05) is 11.8 Å². The summed E-state index contributed by atoms with van der Waals surface area (Å²) in [7, 11) is 0. The van der Waals surface area contributed by atoms with Crippen molar-refractivity contribution in [1.29, 1.82) is 0 Å². The average molecular weight is 306 g/mol. The van der Waals surface area contributed by atoms with Crippen molar-refractivity contribution in [2.75, 3.05) is 0 Å². The smallest absolute Gasteiger partial charge is 0.232 e. The maximum atomic E-state index is 13.9. The Balaban J connectivity index is 2.82. The van der Waals surface area contributed by atoms with E-state index >= 15 is 0 Å². The fourth-order valence-electron chi connectivity index (χ4n) is 1.91. The van der Waals surface area contributed by atoms with E-state index in [4.69, 9.17) is 0 Å². The summed E-state index contributed by atoms with van der Waals surface area (Å²) in [6.45, 7) is 2.94. The molecule has 0 atom stereocenters. The molecule has 0 saturated heterocycles. The van der Waals surface area contributed by atoms with E-state index < -0.39 is 40.6 Å². The van der Waals surface area contributed by atoms with E-state index in [9.17, 15) is 26.3 Å². The molecule has 0 fully saturated rings. The van der Waals surface area contributed by atoms with Crippen molar-refractivity contribution in [2.24, 2.45) is 0 Å². The van der Waals surface area contributed by atoms with Crippen LogP contribution in [-0.2, 0) is 0 Å². The molecule has 0 aliphatic rings. The Morgan fingerprint density at radius 3 is 1.90 bits per heavy atom. The quantitative estimate of drug-likeness (QED) is 0.598. The molecule has 0 aliphatic heterocycles. The first-order valence-corrected chi connectivity index (χ1v) is 5.66. The first kappa shape index (κ1) is 15.1. The molecule has 112 valence electrons. The first-order valence-electron chi connectivity index (χ1n) is 5.66. The van der Waals surface area contributed by atoms with E-state index in [1.165, 1.54) is 19.9 Å². The summed E-state index contributed by atoms with van der Waals surface area (Å²) < 4.78 is 80.1. The summed E-state index contributed by atoms with van der Waals surface area (Å²) in [5.74, 6) is -7.42. The molecular weight excluding hydrogens is 298 g/mol. The van der Waals surface area contributed by atoms with Gasteiger partial charge >= 0.3 is 0 Å². The fourth-order valence-corrected chi connectivity index (χ4v) is 1.91. The molecule has 0 N–H and O–H groups in total. The van der Waals surface area contributed by atoms with Crippen LogP contribution in [0.25, 0.3) is 11.8 Å². The topological polar surface area (TPSA) is 17.8 Å². The second kappa shape index (κ2) is 5.27. The molecular formula is C13H8F6N2. The molecule has 0 unspecified atom stereocenters. The van der Waals surface area contributed by atoms with Crippen LogP contribution in [0.15, 0.2) is 12.1 Å². The van der Waals surface area contributed by atoms with E-state index in [0.29, 0.717) is 10.4 Å². The molecule has 21 heavy (non-hydrogen) atoms. The lowest BCUT2D eigenvalue weighted by atomic mass is 10.1. The second-order valence-electron chi connectivity index (χ2n) is 4.29. The molecule has 2 nitrogen and oxygen atoms in total. The van der Waals surface area contributed by atoms with Crippen molar-refractivity contribution >= 4 is 6.08 Å². The van der Waals surface area contributed by atoms with Crippen LogP contribution in [-0.4, -0.2) is 9.78 Å². The van der Waals surface area contributed by atoms with Gasteiger partial charge in [-0.2, -0.15) is 13.9 Å². The minimum absolute atomic E-state index is 0.226. The molecule has 0 aliphatic carbocycles. The fraction of sp³-hybridized carbons (Fsp3) is 0.154. The van der Waals surface area contributed by atoms with Gasteiger partial charge in [0.05, 0.1) is 11.3 Å². The monoisotopic (exact) mass is 306 g/mol. The summed E-state index contributed by atoms with van der Waals surface area (Å²) in [6.07, 6.45) is -2.76. The van der Waals surface area contributed by atoms with Crippen molar-refractivity contribution in [1.82, 2.24) is 9.78 Å². The van der Waals surface area contributed by atoms with Crippen molar-refractivity contribution in [2.45, 2.75) is 13.8 Å². The summed E-state index contributed by atoms with van der Waals surface area (Å²) >= 11 is 0. The molecule has 2 aromatic rings. The van der Waals surface area contributed by atoms with Crippen LogP contribution in [0.5, 0.6) is 0 Å². The highest BCUT2D eigenvalue weighted by Gasteiger charge is 2.27. The van der Waals surface area contributed by atoms with E-state index in [1.807, 2.05) is 0 Å². The molecule has 2 rings (SSSR count). The molecule has 0 spiro atoms. The van der Waals surface area contributed by atoms with Gasteiger partial charge < -0.3 is 0 Å². The maximum Gasteiger partial charge on any atom is 0.271 e. The zero-order chi connectivity index (χ0) is 15.9. The largest absolute Gasteiger partial charge is 0.271 e. The molecule has 0 radical (unpaired) electrons. The predicted octanol–water partition coefficient (Wildman–Crippen LogP) is 4.28. The third kappa shape index (κ3) is 2.53. The SMILES string of the molecule is Cc1cc(C)n(-c2c(F)c(F)c(C=C(F)F)c(F)c2F)n1. The molecule has 0 bridgehead atoms. The highest BCUT2D eigenvalue weighted by atomic mass is 19.3. The minimum Gasteiger partial charge on any atom is -0.232 e.